The molecular weight excluding hydrogens is 334 g/mol. The SMILES string of the molecule is COc1c(OC)c2c3c(c1OC)C(OC)CNC3C(=O)c1ccccc1-2. The highest BCUT2D eigenvalue weighted by Gasteiger charge is 2.44. The van der Waals surface area contributed by atoms with Crippen LogP contribution < -0.4 is 19.5 Å². The molecule has 6 nitrogen and oxygen atoms in total. The largest absolute Gasteiger partial charge is 0.492 e. The van der Waals surface area contributed by atoms with Crippen molar-refractivity contribution in [3.63, 3.8) is 0 Å². The number of carbonyl (C=O) groups excluding carboxylic acids is 1. The monoisotopic (exact) mass is 355 g/mol. The van der Waals surface area contributed by atoms with Crippen LogP contribution in [-0.2, 0) is 4.74 Å². The van der Waals surface area contributed by atoms with Gasteiger partial charge in [0.2, 0.25) is 5.75 Å². The maximum absolute atomic E-state index is 13.1. The number of methoxy groups -OCH3 is 4. The Balaban J connectivity index is 2.19. The lowest BCUT2D eigenvalue weighted by Crippen LogP contribution is -2.40. The maximum atomic E-state index is 13.1. The van der Waals surface area contributed by atoms with Crippen LogP contribution in [0.15, 0.2) is 24.3 Å². The number of ketones is 1. The van der Waals surface area contributed by atoms with Gasteiger partial charge < -0.3 is 24.3 Å². The second kappa shape index (κ2) is 6.30. The van der Waals surface area contributed by atoms with E-state index in [4.69, 9.17) is 18.9 Å². The average Bonchev–Trinajstić information content (AvgIpc) is 2.69. The van der Waals surface area contributed by atoms with Gasteiger partial charge in [0, 0.05) is 30.3 Å². The van der Waals surface area contributed by atoms with Crippen LogP contribution in [0.4, 0.5) is 0 Å². The Morgan fingerprint density at radius 2 is 1.54 bits per heavy atom. The summed E-state index contributed by atoms with van der Waals surface area (Å²) < 4.78 is 22.7. The van der Waals surface area contributed by atoms with Crippen LogP contribution in [0, 0.1) is 0 Å². The normalized spacial score (nSPS) is 20.2. The number of hydrogen-bond donors (Lipinski definition) is 1. The third-order valence-electron chi connectivity index (χ3n) is 5.18. The molecule has 26 heavy (non-hydrogen) atoms. The van der Waals surface area contributed by atoms with E-state index >= 15 is 0 Å². The molecular formula is C20H21NO5. The van der Waals surface area contributed by atoms with Crippen molar-refractivity contribution in [1.29, 1.82) is 0 Å². The minimum absolute atomic E-state index is 0.0400. The molecule has 0 aromatic heterocycles. The first-order valence-corrected chi connectivity index (χ1v) is 8.43. The van der Waals surface area contributed by atoms with Crippen molar-refractivity contribution >= 4 is 5.78 Å². The zero-order valence-corrected chi connectivity index (χ0v) is 15.2. The van der Waals surface area contributed by atoms with Gasteiger partial charge >= 0.3 is 0 Å². The molecule has 1 aliphatic carbocycles. The quantitative estimate of drug-likeness (QED) is 0.910. The molecule has 1 heterocycles. The Hall–Kier alpha value is -2.57. The Kier molecular flexibility index (Phi) is 4.09. The predicted octanol–water partition coefficient (Wildman–Crippen LogP) is 2.91. The highest BCUT2D eigenvalue weighted by Crippen LogP contribution is 2.57. The van der Waals surface area contributed by atoms with Crippen LogP contribution in [-0.4, -0.2) is 40.8 Å². The van der Waals surface area contributed by atoms with Crippen molar-refractivity contribution in [2.45, 2.75) is 12.1 Å². The van der Waals surface area contributed by atoms with Crippen molar-refractivity contribution in [2.24, 2.45) is 0 Å². The van der Waals surface area contributed by atoms with E-state index in [-0.39, 0.29) is 11.9 Å². The molecule has 0 fully saturated rings. The summed E-state index contributed by atoms with van der Waals surface area (Å²) in [6.07, 6.45) is -0.257. The standard InChI is InChI=1S/C20H21NO5/c1-23-12-9-21-16-15-13(10-7-5-6-8-11(10)17(16)22)18(24-2)20(26-4)19(25-3)14(12)15/h5-8,12,16,21H,9H2,1-4H3. The third kappa shape index (κ3) is 2.09. The average molecular weight is 355 g/mol. The minimum atomic E-state index is -0.463. The number of rotatable bonds is 4. The second-order valence-corrected chi connectivity index (χ2v) is 6.28. The van der Waals surface area contributed by atoms with Crippen LogP contribution in [0.25, 0.3) is 11.1 Å². The Labute approximate surface area is 152 Å². The summed E-state index contributed by atoms with van der Waals surface area (Å²) in [7, 11) is 6.41. The summed E-state index contributed by atoms with van der Waals surface area (Å²) in [5.74, 6) is 1.66. The van der Waals surface area contributed by atoms with Crippen molar-refractivity contribution in [3.8, 4) is 28.4 Å². The van der Waals surface area contributed by atoms with Crippen LogP contribution in [0.2, 0.25) is 0 Å². The summed E-state index contributed by atoms with van der Waals surface area (Å²) in [6.45, 7) is 0.507. The first kappa shape index (κ1) is 16.9. The highest BCUT2D eigenvalue weighted by molar-refractivity contribution is 6.12. The summed E-state index contributed by atoms with van der Waals surface area (Å²) in [4.78, 5) is 13.1. The minimum Gasteiger partial charge on any atom is -0.492 e. The van der Waals surface area contributed by atoms with E-state index in [2.05, 4.69) is 5.32 Å². The first-order chi connectivity index (χ1) is 12.7. The number of hydrogen-bond acceptors (Lipinski definition) is 6. The molecule has 0 radical (unpaired) electrons. The smallest absolute Gasteiger partial charge is 0.204 e. The fourth-order valence-corrected chi connectivity index (χ4v) is 4.11. The molecule has 2 aromatic carbocycles. The van der Waals surface area contributed by atoms with E-state index in [0.717, 1.165) is 22.3 Å². The molecule has 1 aliphatic heterocycles. The first-order valence-electron chi connectivity index (χ1n) is 8.43. The van der Waals surface area contributed by atoms with E-state index in [9.17, 15) is 4.79 Å². The number of ether oxygens (including phenoxy) is 4. The topological polar surface area (TPSA) is 66.0 Å². The Morgan fingerprint density at radius 1 is 0.885 bits per heavy atom. The fraction of sp³-hybridized carbons (Fsp3) is 0.350. The molecule has 0 amide bonds. The van der Waals surface area contributed by atoms with Gasteiger partial charge in [0.25, 0.3) is 0 Å². The van der Waals surface area contributed by atoms with Crippen molar-refractivity contribution in [3.05, 3.63) is 41.0 Å². The van der Waals surface area contributed by atoms with Gasteiger partial charge in [-0.05, 0) is 11.1 Å². The van der Waals surface area contributed by atoms with E-state index < -0.39 is 6.04 Å². The molecule has 0 saturated heterocycles. The lowest BCUT2D eigenvalue weighted by Gasteiger charge is -2.38. The number of benzene rings is 2. The summed E-state index contributed by atoms with van der Waals surface area (Å²) in [6, 6.07) is 7.11. The van der Waals surface area contributed by atoms with Gasteiger partial charge in [-0.15, -0.1) is 0 Å². The molecule has 2 aromatic rings. The van der Waals surface area contributed by atoms with E-state index in [1.807, 2.05) is 24.3 Å². The lowest BCUT2D eigenvalue weighted by molar-refractivity contribution is 0.0772. The molecule has 0 spiro atoms. The van der Waals surface area contributed by atoms with Gasteiger partial charge in [-0.3, -0.25) is 4.79 Å². The molecule has 6 heteroatoms. The molecule has 1 N–H and O–H groups in total. The molecule has 2 unspecified atom stereocenters. The number of nitrogens with one attached hydrogen (secondary N) is 1. The van der Waals surface area contributed by atoms with Gasteiger partial charge in [-0.2, -0.15) is 0 Å². The van der Waals surface area contributed by atoms with Gasteiger partial charge in [-0.25, -0.2) is 0 Å². The van der Waals surface area contributed by atoms with Crippen LogP contribution in [0.5, 0.6) is 17.2 Å². The summed E-state index contributed by atoms with van der Waals surface area (Å²) in [5.41, 5.74) is 4.05. The summed E-state index contributed by atoms with van der Waals surface area (Å²) >= 11 is 0. The summed E-state index contributed by atoms with van der Waals surface area (Å²) in [5, 5.41) is 3.32. The van der Waals surface area contributed by atoms with Crippen LogP contribution in [0.1, 0.15) is 33.6 Å². The van der Waals surface area contributed by atoms with Gasteiger partial charge in [-0.1, -0.05) is 24.3 Å². The zero-order chi connectivity index (χ0) is 18.4. The maximum Gasteiger partial charge on any atom is 0.204 e. The predicted molar refractivity (Wildman–Crippen MR) is 96.4 cm³/mol. The number of Topliss-reactive ketones (excluding diaryl/α,β-unsaturated/α-hetero) is 1. The van der Waals surface area contributed by atoms with E-state index in [0.29, 0.717) is 29.4 Å². The number of carbonyl (C=O) groups is 1. The number of fused-ring (bicyclic) bond motifs is 2. The van der Waals surface area contributed by atoms with Crippen LogP contribution >= 0.6 is 0 Å². The molecule has 0 bridgehead atoms. The fourth-order valence-electron chi connectivity index (χ4n) is 4.11. The van der Waals surface area contributed by atoms with E-state index in [1.54, 1.807) is 28.4 Å². The van der Waals surface area contributed by atoms with Gasteiger partial charge in [0.1, 0.15) is 0 Å². The van der Waals surface area contributed by atoms with Gasteiger partial charge in [0.05, 0.1) is 33.5 Å². The highest BCUT2D eigenvalue weighted by atomic mass is 16.5. The van der Waals surface area contributed by atoms with Crippen LogP contribution in [0.3, 0.4) is 0 Å². The molecule has 2 atom stereocenters. The molecule has 4 rings (SSSR count). The van der Waals surface area contributed by atoms with E-state index in [1.165, 1.54) is 0 Å². The Bertz CT molecular complexity index is 892. The lowest BCUT2D eigenvalue weighted by atomic mass is 9.75. The van der Waals surface area contributed by atoms with Crippen molar-refractivity contribution in [1.82, 2.24) is 5.32 Å². The zero-order valence-electron chi connectivity index (χ0n) is 15.2. The van der Waals surface area contributed by atoms with Crippen molar-refractivity contribution < 1.29 is 23.7 Å². The molecule has 0 saturated carbocycles. The van der Waals surface area contributed by atoms with Gasteiger partial charge in [0.15, 0.2) is 17.3 Å². The molecule has 136 valence electrons. The third-order valence-corrected chi connectivity index (χ3v) is 5.18. The second-order valence-electron chi connectivity index (χ2n) is 6.28. The Morgan fingerprint density at radius 3 is 2.15 bits per heavy atom. The van der Waals surface area contributed by atoms with Crippen molar-refractivity contribution in [2.75, 3.05) is 35.0 Å². The molecule has 2 aliphatic rings.